The molecule has 2 atom stereocenters. The van der Waals surface area contributed by atoms with Crippen molar-refractivity contribution >= 4 is 40.1 Å². The first-order chi connectivity index (χ1) is 27.0. The highest BCUT2D eigenvalue weighted by Crippen LogP contribution is 2.40. The van der Waals surface area contributed by atoms with Crippen molar-refractivity contribution in [2.45, 2.75) is 128 Å². The summed E-state index contributed by atoms with van der Waals surface area (Å²) >= 11 is 0. The molecule has 12 nitrogen and oxygen atoms in total. The first-order valence-electron chi connectivity index (χ1n) is 21.0. The molecule has 332 valence electrons. The van der Waals surface area contributed by atoms with E-state index in [0.29, 0.717) is 74.5 Å². The summed E-state index contributed by atoms with van der Waals surface area (Å²) in [5.41, 5.74) is 5.02. The molecule has 16 heteroatoms. The van der Waals surface area contributed by atoms with Crippen molar-refractivity contribution in [1.82, 2.24) is 18.9 Å². The van der Waals surface area contributed by atoms with Crippen LogP contribution in [0.5, 0.6) is 0 Å². The lowest BCUT2D eigenvalue weighted by Crippen LogP contribution is -2.36. The molecule has 0 amide bonds. The zero-order chi connectivity index (χ0) is 43.3. The topological polar surface area (TPSA) is 185 Å². The largest absolute Gasteiger partial charge is 0.215 e. The van der Waals surface area contributed by atoms with Gasteiger partial charge in [0, 0.05) is 26.2 Å². The van der Waals surface area contributed by atoms with Gasteiger partial charge in [0.05, 0.1) is 23.0 Å². The molecule has 0 saturated heterocycles. The first-order valence-corrected chi connectivity index (χ1v) is 27.9. The number of nitrogens with one attached hydrogen (secondary N) is 4. The number of sulfonamides is 4. The second kappa shape index (κ2) is 22.8. The van der Waals surface area contributed by atoms with Crippen molar-refractivity contribution in [1.29, 1.82) is 0 Å². The van der Waals surface area contributed by atoms with Gasteiger partial charge in [0.1, 0.15) is 0 Å². The lowest BCUT2D eigenvalue weighted by molar-refractivity contribution is 0.246. The van der Waals surface area contributed by atoms with E-state index in [1.807, 2.05) is 12.1 Å². The number of rotatable bonds is 20. The summed E-state index contributed by atoms with van der Waals surface area (Å²) in [4.78, 5) is 0. The molecule has 0 spiro atoms. The third kappa shape index (κ3) is 17.6. The highest BCUT2D eigenvalue weighted by atomic mass is 32.2. The van der Waals surface area contributed by atoms with Gasteiger partial charge in [0.25, 0.3) is 0 Å². The van der Waals surface area contributed by atoms with Crippen LogP contribution in [-0.2, 0) is 52.9 Å². The summed E-state index contributed by atoms with van der Waals surface area (Å²) < 4.78 is 104. The van der Waals surface area contributed by atoms with Gasteiger partial charge in [-0.3, -0.25) is 0 Å². The monoisotopic (exact) mass is 888 g/mol. The molecule has 0 aromatic heterocycles. The van der Waals surface area contributed by atoms with Crippen LogP contribution in [0.3, 0.4) is 0 Å². The fourth-order valence-electron chi connectivity index (χ4n) is 8.10. The molecule has 2 unspecified atom stereocenters. The van der Waals surface area contributed by atoms with Crippen LogP contribution in [0.4, 0.5) is 0 Å². The first kappa shape index (κ1) is 50.4. The normalized spacial score (nSPS) is 22.0. The van der Waals surface area contributed by atoms with Gasteiger partial charge in [0.2, 0.25) is 40.1 Å². The molecule has 0 radical (unpaired) electrons. The Hall–Kier alpha value is -1.92. The zero-order valence-electron chi connectivity index (χ0n) is 36.0. The van der Waals surface area contributed by atoms with E-state index < -0.39 is 50.6 Å². The van der Waals surface area contributed by atoms with E-state index in [-0.39, 0.29) is 0 Å². The Labute approximate surface area is 352 Å². The molecule has 2 fully saturated rings. The van der Waals surface area contributed by atoms with Crippen molar-refractivity contribution in [2.24, 2.45) is 23.7 Å². The molecule has 0 heterocycles. The third-order valence-electron chi connectivity index (χ3n) is 12.1. The molecule has 4 N–H and O–H groups in total. The average molecular weight is 889 g/mol. The summed E-state index contributed by atoms with van der Waals surface area (Å²) in [5, 5.41) is -0.801. The molecule has 0 bridgehead atoms. The number of hydrogen-bond acceptors (Lipinski definition) is 8. The smallest absolute Gasteiger partial charge is 0.213 e. The van der Waals surface area contributed by atoms with Crippen LogP contribution in [0, 0.1) is 23.7 Å². The van der Waals surface area contributed by atoms with Gasteiger partial charge in [0.15, 0.2) is 0 Å². The second-order valence-electron chi connectivity index (χ2n) is 17.3. The molecule has 2 aliphatic carbocycles. The Morgan fingerprint density at radius 1 is 0.534 bits per heavy atom. The van der Waals surface area contributed by atoms with Crippen molar-refractivity contribution in [3.8, 4) is 0 Å². The van der Waals surface area contributed by atoms with Gasteiger partial charge in [-0.2, -0.15) is 0 Å². The molecule has 2 aromatic rings. The SMILES string of the molecule is CC(CNS(=O)(=O)C(C)C)C1CCC(c2cccc(CCNS(C)(=O)=O)c2)CC1.CC(CNS(=O)(=O)C(C)C)C1CCC(c2ccccc2CCNS(C)(=O)=O)CC1. The van der Waals surface area contributed by atoms with Crippen LogP contribution in [0.2, 0.25) is 0 Å². The highest BCUT2D eigenvalue weighted by molar-refractivity contribution is 7.90. The summed E-state index contributed by atoms with van der Waals surface area (Å²) in [6.45, 7) is 12.9. The summed E-state index contributed by atoms with van der Waals surface area (Å²) in [6, 6.07) is 16.8. The van der Waals surface area contributed by atoms with Crippen LogP contribution in [0.25, 0.3) is 0 Å². The van der Waals surface area contributed by atoms with Crippen molar-refractivity contribution in [2.75, 3.05) is 38.7 Å². The van der Waals surface area contributed by atoms with Gasteiger partial charge in [-0.05, 0) is 150 Å². The molecule has 2 saturated carbocycles. The molecule has 58 heavy (non-hydrogen) atoms. The van der Waals surface area contributed by atoms with Gasteiger partial charge in [-0.15, -0.1) is 0 Å². The van der Waals surface area contributed by atoms with Gasteiger partial charge < -0.3 is 0 Å². The Kier molecular flexibility index (Phi) is 19.8. The highest BCUT2D eigenvalue weighted by Gasteiger charge is 2.29. The van der Waals surface area contributed by atoms with Crippen molar-refractivity contribution in [3.05, 3.63) is 70.8 Å². The number of benzene rings is 2. The standard InChI is InChI=1S/2C21H36N2O4S2/c1-16(2)29(26,27)23-15-17(3)19-8-10-20(11-9-19)21-7-5-6-18(14-21)12-13-22-28(4,24)25;1-16(2)29(26,27)23-15-17(3)18-9-11-20(12-10-18)21-8-6-5-7-19(21)13-14-22-28(4,24)25/h5-7,14,16-17,19-20,22-23H,8-13,15H2,1-4H3;5-8,16-18,20,22-23H,9-15H2,1-4H3. The van der Waals surface area contributed by atoms with E-state index in [4.69, 9.17) is 0 Å². The van der Waals surface area contributed by atoms with Crippen molar-refractivity contribution in [3.63, 3.8) is 0 Å². The fourth-order valence-corrected chi connectivity index (χ4v) is 10.7. The second-order valence-corrected chi connectivity index (χ2v) is 25.6. The lowest BCUT2D eigenvalue weighted by Gasteiger charge is -2.33. The van der Waals surface area contributed by atoms with Crippen LogP contribution < -0.4 is 18.9 Å². The predicted octanol–water partition coefficient (Wildman–Crippen LogP) is 6.03. The zero-order valence-corrected chi connectivity index (χ0v) is 39.3. The van der Waals surface area contributed by atoms with E-state index in [9.17, 15) is 33.7 Å². The van der Waals surface area contributed by atoms with Gasteiger partial charge in [-0.25, -0.2) is 52.6 Å². The Balaban J connectivity index is 0.000000310. The molecular weight excluding hydrogens is 817 g/mol. The predicted molar refractivity (Wildman–Crippen MR) is 238 cm³/mol. The average Bonchev–Trinajstić information content (AvgIpc) is 3.15. The van der Waals surface area contributed by atoms with Crippen LogP contribution in [0.15, 0.2) is 48.5 Å². The summed E-state index contributed by atoms with van der Waals surface area (Å²) in [5.74, 6) is 2.73. The Bertz CT molecular complexity index is 2010. The maximum absolute atomic E-state index is 12.0. The van der Waals surface area contributed by atoms with Gasteiger partial charge >= 0.3 is 0 Å². The molecule has 2 aromatic carbocycles. The van der Waals surface area contributed by atoms with E-state index in [2.05, 4.69) is 69.1 Å². The summed E-state index contributed by atoms with van der Waals surface area (Å²) in [6.07, 6.45) is 12.5. The maximum atomic E-state index is 12.0. The van der Waals surface area contributed by atoms with Crippen LogP contribution in [0.1, 0.15) is 127 Å². The number of hydrogen-bond donors (Lipinski definition) is 4. The molecule has 0 aliphatic heterocycles. The van der Waals surface area contributed by atoms with E-state index in [1.54, 1.807) is 27.7 Å². The quantitative estimate of drug-likeness (QED) is 0.124. The van der Waals surface area contributed by atoms with Crippen LogP contribution >= 0.6 is 0 Å². The maximum Gasteiger partial charge on any atom is 0.213 e. The molecule has 2 aliphatic rings. The minimum atomic E-state index is -3.21. The minimum absolute atomic E-state index is 0.318. The van der Waals surface area contributed by atoms with E-state index in [1.165, 1.54) is 29.2 Å². The lowest BCUT2D eigenvalue weighted by atomic mass is 9.73. The summed E-state index contributed by atoms with van der Waals surface area (Å²) in [7, 11) is -12.7. The molecular formula is C42H72N4O8S4. The van der Waals surface area contributed by atoms with Crippen molar-refractivity contribution < 1.29 is 33.7 Å². The van der Waals surface area contributed by atoms with Crippen LogP contribution in [-0.4, -0.2) is 82.9 Å². The third-order valence-corrected chi connectivity index (χ3v) is 17.1. The Morgan fingerprint density at radius 2 is 0.983 bits per heavy atom. The molecule has 4 rings (SSSR count). The van der Waals surface area contributed by atoms with E-state index in [0.717, 1.165) is 56.9 Å². The Morgan fingerprint density at radius 3 is 1.45 bits per heavy atom. The fraction of sp³-hybridized carbons (Fsp3) is 0.714. The van der Waals surface area contributed by atoms with E-state index >= 15 is 0 Å². The minimum Gasteiger partial charge on any atom is -0.215 e. The van der Waals surface area contributed by atoms with Gasteiger partial charge in [-0.1, -0.05) is 62.4 Å².